The fourth-order valence-electron chi connectivity index (χ4n) is 0.982. The summed E-state index contributed by atoms with van der Waals surface area (Å²) in [6.45, 7) is 4.44. The van der Waals surface area contributed by atoms with Gasteiger partial charge in [-0.2, -0.15) is 0 Å². The first-order chi connectivity index (χ1) is 6.35. The molecule has 0 spiro atoms. The average Bonchev–Trinajstić information content (AvgIpc) is 2.51. The van der Waals surface area contributed by atoms with E-state index >= 15 is 0 Å². The molecule has 0 aromatic carbocycles. The maximum Gasteiger partial charge on any atom is 0.400 e. The van der Waals surface area contributed by atoms with E-state index in [0.29, 0.717) is 12.5 Å². The number of ether oxygens (including phenoxy) is 1. The largest absolute Gasteiger partial charge is 0.469 e. The van der Waals surface area contributed by atoms with Gasteiger partial charge in [-0.3, -0.25) is 10.1 Å². The van der Waals surface area contributed by atoms with Crippen LogP contribution < -0.4 is 0 Å². The molecule has 0 aliphatic carbocycles. The van der Waals surface area contributed by atoms with E-state index in [1.807, 2.05) is 13.8 Å². The van der Waals surface area contributed by atoms with Gasteiger partial charge in [-0.05, 0) is 5.92 Å². The predicted molar refractivity (Wildman–Crippen MR) is 59.6 cm³/mol. The molecule has 1 atom stereocenters. The van der Waals surface area contributed by atoms with Gasteiger partial charge in [-0.15, -0.1) is 0 Å². The van der Waals surface area contributed by atoms with Crippen LogP contribution in [0.1, 0.15) is 13.8 Å². The molecule has 0 aromatic rings. The van der Waals surface area contributed by atoms with E-state index in [2.05, 4.69) is 36.9 Å². The second-order valence-electron chi connectivity index (χ2n) is 3.34. The number of halogens is 2. The van der Waals surface area contributed by atoms with Crippen molar-refractivity contribution in [3.05, 3.63) is 10.1 Å². The second-order valence-corrected chi connectivity index (χ2v) is 6.70. The van der Waals surface area contributed by atoms with E-state index in [1.165, 1.54) is 0 Å². The zero-order valence-electron chi connectivity index (χ0n) is 7.74. The van der Waals surface area contributed by atoms with Crippen molar-refractivity contribution in [1.29, 1.82) is 0 Å². The van der Waals surface area contributed by atoms with Crippen LogP contribution in [-0.2, 0) is 4.74 Å². The molecule has 0 aromatic heterocycles. The van der Waals surface area contributed by atoms with Crippen LogP contribution in [0, 0.1) is 16.0 Å². The Balaban J connectivity index is 2.70. The third kappa shape index (κ3) is 2.25. The number of nitrogens with zero attached hydrogens (tertiary/aromatic N) is 2. The summed E-state index contributed by atoms with van der Waals surface area (Å²) in [7, 11) is 0. The molecule has 0 fully saturated rings. The van der Waals surface area contributed by atoms with Gasteiger partial charge in [0.25, 0.3) is 5.90 Å². The molecule has 7 heteroatoms. The number of rotatable bonds is 3. The van der Waals surface area contributed by atoms with Crippen LogP contribution in [0.5, 0.6) is 0 Å². The van der Waals surface area contributed by atoms with Crippen molar-refractivity contribution in [2.75, 3.05) is 6.54 Å². The molecule has 1 rings (SSSR count). The van der Waals surface area contributed by atoms with Gasteiger partial charge in [0.1, 0.15) is 6.10 Å². The molecule has 0 amide bonds. The molecular formula is C7H10Br2N2O3. The van der Waals surface area contributed by atoms with Gasteiger partial charge in [0.2, 0.25) is 0 Å². The topological polar surface area (TPSA) is 64.7 Å². The van der Waals surface area contributed by atoms with E-state index < -0.39 is 8.28 Å². The maximum atomic E-state index is 10.6. The molecule has 0 saturated heterocycles. The Morgan fingerprint density at radius 1 is 1.71 bits per heavy atom. The van der Waals surface area contributed by atoms with Crippen LogP contribution in [0.15, 0.2) is 4.99 Å². The SMILES string of the molecule is CC(C)C1CN=C(C(Br)(Br)[N+](=O)[O-])O1. The van der Waals surface area contributed by atoms with Gasteiger partial charge in [-0.25, -0.2) is 4.99 Å². The zero-order valence-corrected chi connectivity index (χ0v) is 10.9. The highest BCUT2D eigenvalue weighted by atomic mass is 79.9. The highest BCUT2D eigenvalue weighted by molar-refractivity contribution is 9.25. The summed E-state index contributed by atoms with van der Waals surface area (Å²) in [5, 5.41) is 10.6. The molecule has 1 unspecified atom stereocenters. The first-order valence-corrected chi connectivity index (χ1v) is 5.68. The number of hydrogen-bond donors (Lipinski definition) is 0. The molecule has 1 aliphatic rings. The van der Waals surface area contributed by atoms with E-state index in [0.717, 1.165) is 0 Å². The van der Waals surface area contributed by atoms with Crippen molar-refractivity contribution in [3.63, 3.8) is 0 Å². The van der Waals surface area contributed by atoms with E-state index in [-0.39, 0.29) is 12.0 Å². The van der Waals surface area contributed by atoms with Crippen molar-refractivity contribution < 1.29 is 9.66 Å². The minimum absolute atomic E-state index is 0.0700. The third-order valence-corrected chi connectivity index (χ3v) is 3.17. The van der Waals surface area contributed by atoms with Gasteiger partial charge in [0.05, 0.1) is 11.5 Å². The minimum Gasteiger partial charge on any atom is -0.469 e. The Labute approximate surface area is 98.3 Å². The smallest absolute Gasteiger partial charge is 0.400 e. The summed E-state index contributed by atoms with van der Waals surface area (Å²) in [6, 6.07) is 0. The quantitative estimate of drug-likeness (QED) is 0.345. The van der Waals surface area contributed by atoms with Gasteiger partial charge in [0.15, 0.2) is 0 Å². The second kappa shape index (κ2) is 4.14. The lowest BCUT2D eigenvalue weighted by Crippen LogP contribution is -2.35. The van der Waals surface area contributed by atoms with Gasteiger partial charge < -0.3 is 4.74 Å². The number of alkyl halides is 2. The lowest BCUT2D eigenvalue weighted by molar-refractivity contribution is -0.487. The van der Waals surface area contributed by atoms with Crippen molar-refractivity contribution >= 4 is 37.8 Å². The normalized spacial score (nSPS) is 22.1. The number of aliphatic imine (C=N–C) groups is 1. The Bertz CT molecular complexity index is 278. The fourth-order valence-corrected chi connectivity index (χ4v) is 1.42. The molecule has 0 saturated carbocycles. The number of hydrogen-bond acceptors (Lipinski definition) is 4. The lowest BCUT2D eigenvalue weighted by Gasteiger charge is -2.17. The molecule has 0 bridgehead atoms. The van der Waals surface area contributed by atoms with Crippen LogP contribution in [-0.4, -0.2) is 26.8 Å². The van der Waals surface area contributed by atoms with E-state index in [9.17, 15) is 10.1 Å². The van der Waals surface area contributed by atoms with Crippen LogP contribution >= 0.6 is 31.9 Å². The van der Waals surface area contributed by atoms with Crippen molar-refractivity contribution in [2.45, 2.75) is 23.3 Å². The summed E-state index contributed by atoms with van der Waals surface area (Å²) in [6.07, 6.45) is -0.0700. The van der Waals surface area contributed by atoms with Crippen molar-refractivity contribution in [3.8, 4) is 0 Å². The standard InChI is InChI=1S/C7H10Br2N2O3/c1-4(2)5-3-10-6(14-5)7(8,9)11(12)13/h4-5H,3H2,1-2H3. The maximum absolute atomic E-state index is 10.6. The highest BCUT2D eigenvalue weighted by Gasteiger charge is 2.48. The molecule has 5 nitrogen and oxygen atoms in total. The van der Waals surface area contributed by atoms with Crippen molar-refractivity contribution in [2.24, 2.45) is 10.9 Å². The fraction of sp³-hybridized carbons (Fsp3) is 0.857. The van der Waals surface area contributed by atoms with Crippen LogP contribution in [0.3, 0.4) is 0 Å². The Morgan fingerprint density at radius 2 is 2.29 bits per heavy atom. The zero-order chi connectivity index (χ0) is 10.9. The lowest BCUT2D eigenvalue weighted by atomic mass is 10.1. The summed E-state index contributed by atoms with van der Waals surface area (Å²) in [4.78, 5) is 14.1. The van der Waals surface area contributed by atoms with Crippen LogP contribution in [0.2, 0.25) is 0 Å². The first-order valence-electron chi connectivity index (χ1n) is 4.09. The molecule has 1 heterocycles. The monoisotopic (exact) mass is 328 g/mol. The van der Waals surface area contributed by atoms with Crippen molar-refractivity contribution in [1.82, 2.24) is 0 Å². The summed E-state index contributed by atoms with van der Waals surface area (Å²) < 4.78 is 3.78. The number of nitro groups is 1. The Kier molecular flexibility index (Phi) is 3.52. The van der Waals surface area contributed by atoms with Gasteiger partial charge in [-0.1, -0.05) is 13.8 Å². The van der Waals surface area contributed by atoms with Gasteiger partial charge >= 0.3 is 3.36 Å². The minimum atomic E-state index is -1.58. The third-order valence-electron chi connectivity index (χ3n) is 1.91. The molecular weight excluding hydrogens is 320 g/mol. The summed E-state index contributed by atoms with van der Waals surface area (Å²) in [5.74, 6) is 0.375. The van der Waals surface area contributed by atoms with E-state index in [1.54, 1.807) is 0 Å². The predicted octanol–water partition coefficient (Wildman–Crippen LogP) is 2.16. The Morgan fingerprint density at radius 3 is 2.64 bits per heavy atom. The average molecular weight is 330 g/mol. The van der Waals surface area contributed by atoms with Gasteiger partial charge in [0, 0.05) is 31.9 Å². The first kappa shape index (κ1) is 11.9. The molecule has 0 radical (unpaired) electrons. The summed E-state index contributed by atoms with van der Waals surface area (Å²) in [5.41, 5.74) is 0. The summed E-state index contributed by atoms with van der Waals surface area (Å²) >= 11 is 5.82. The van der Waals surface area contributed by atoms with E-state index in [4.69, 9.17) is 4.74 Å². The van der Waals surface area contributed by atoms with Crippen LogP contribution in [0.4, 0.5) is 0 Å². The molecule has 1 aliphatic heterocycles. The van der Waals surface area contributed by atoms with Crippen LogP contribution in [0.25, 0.3) is 0 Å². The Hall–Kier alpha value is -0.170. The molecule has 14 heavy (non-hydrogen) atoms. The highest BCUT2D eigenvalue weighted by Crippen LogP contribution is 2.32. The molecule has 0 N–H and O–H groups in total. The molecule has 80 valence electrons.